The van der Waals surface area contributed by atoms with Crippen LogP contribution in [0.25, 0.3) is 11.1 Å². The summed E-state index contributed by atoms with van der Waals surface area (Å²) in [6.45, 7) is 1.28. The van der Waals surface area contributed by atoms with Gasteiger partial charge in [-0.15, -0.1) is 0 Å². The van der Waals surface area contributed by atoms with Crippen LogP contribution in [0.3, 0.4) is 0 Å². The number of para-hydroxylation sites is 1. The molecule has 2 aliphatic rings. The molecule has 2 aromatic carbocycles. The molecule has 1 amide bonds. The molecule has 11 heteroatoms. The molecule has 1 heterocycles. The number of carbonyl (C=O) groups excluding carboxylic acids is 1. The number of rotatable bonds is 18. The van der Waals surface area contributed by atoms with E-state index in [4.69, 9.17) is 21.4 Å². The lowest BCUT2D eigenvalue weighted by Gasteiger charge is -2.28. The molecule has 0 spiro atoms. The highest BCUT2D eigenvalue weighted by Crippen LogP contribution is 2.50. The van der Waals surface area contributed by atoms with E-state index in [2.05, 4.69) is 40.7 Å². The number of hydrogen-bond acceptors (Lipinski definition) is 9. The summed E-state index contributed by atoms with van der Waals surface area (Å²) in [5.74, 6) is 0.651. The van der Waals surface area contributed by atoms with E-state index in [0.717, 1.165) is 59.3 Å². The monoisotopic (exact) mass is 667 g/mol. The van der Waals surface area contributed by atoms with Crippen molar-refractivity contribution in [3.05, 3.63) is 82.6 Å². The van der Waals surface area contributed by atoms with Crippen molar-refractivity contribution in [2.75, 3.05) is 13.2 Å². The number of carbonyl (C=O) groups is 1. The van der Waals surface area contributed by atoms with Crippen molar-refractivity contribution >= 4 is 17.5 Å². The fraction of sp³-hybridized carbons (Fsp3) is 0.500. The summed E-state index contributed by atoms with van der Waals surface area (Å²) in [6.07, 6.45) is 4.74. The van der Waals surface area contributed by atoms with Gasteiger partial charge in [0.05, 0.1) is 25.4 Å². The van der Waals surface area contributed by atoms with Gasteiger partial charge in [0.25, 0.3) is 0 Å². The Hall–Kier alpha value is -3.09. The van der Waals surface area contributed by atoms with Crippen LogP contribution in [0.15, 0.2) is 60.9 Å². The van der Waals surface area contributed by atoms with Gasteiger partial charge in [0.1, 0.15) is 24.1 Å². The number of benzene rings is 2. The third-order valence-electron chi connectivity index (χ3n) is 9.27. The molecule has 254 valence electrons. The highest BCUT2D eigenvalue weighted by atomic mass is 35.5. The van der Waals surface area contributed by atoms with E-state index in [1.165, 1.54) is 0 Å². The van der Waals surface area contributed by atoms with Crippen LogP contribution in [-0.2, 0) is 16.9 Å². The highest BCUT2D eigenvalue weighted by molar-refractivity contribution is 6.31. The second kappa shape index (κ2) is 15.9. The van der Waals surface area contributed by atoms with Crippen LogP contribution in [0.2, 0.25) is 5.02 Å². The third kappa shape index (κ3) is 8.88. The van der Waals surface area contributed by atoms with Gasteiger partial charge in [-0.25, -0.2) is 0 Å². The largest absolute Gasteiger partial charge is 0.490 e. The Kier molecular flexibility index (Phi) is 11.9. The number of aliphatic hydroxyl groups is 5. The van der Waals surface area contributed by atoms with Crippen molar-refractivity contribution in [1.82, 2.24) is 15.6 Å². The zero-order valence-electron chi connectivity index (χ0n) is 26.7. The van der Waals surface area contributed by atoms with Gasteiger partial charge in [-0.2, -0.15) is 0 Å². The lowest BCUT2D eigenvalue weighted by Crippen LogP contribution is -2.54. The molecule has 1 aromatic heterocycles. The molecule has 10 nitrogen and oxygen atoms in total. The van der Waals surface area contributed by atoms with E-state index >= 15 is 0 Å². The van der Waals surface area contributed by atoms with Crippen molar-refractivity contribution in [1.29, 1.82) is 0 Å². The molecule has 2 unspecified atom stereocenters. The van der Waals surface area contributed by atoms with Gasteiger partial charge < -0.3 is 40.9 Å². The van der Waals surface area contributed by atoms with Crippen LogP contribution in [0.1, 0.15) is 74.5 Å². The molecule has 0 saturated heterocycles. The first-order valence-electron chi connectivity index (χ1n) is 16.4. The van der Waals surface area contributed by atoms with Gasteiger partial charge >= 0.3 is 0 Å². The predicted molar refractivity (Wildman–Crippen MR) is 179 cm³/mol. The Morgan fingerprint density at radius 3 is 2.51 bits per heavy atom. The van der Waals surface area contributed by atoms with Gasteiger partial charge in [-0.05, 0) is 84.9 Å². The number of pyridine rings is 1. The van der Waals surface area contributed by atoms with E-state index in [9.17, 15) is 25.2 Å². The first-order chi connectivity index (χ1) is 22.7. The average Bonchev–Trinajstić information content (AvgIpc) is 4.03. The van der Waals surface area contributed by atoms with Crippen molar-refractivity contribution in [3.8, 4) is 16.9 Å². The summed E-state index contributed by atoms with van der Waals surface area (Å²) in [5, 5.41) is 55.2. The SMILES string of the molecule is CC(CCCC(=O)N[C@@H](CO)[C@@H](O)[C@H](O)C(O)CO)c1ccc(Cl)c(CNC2(c3cnccc3-c3ccccc3OC3CC3)CC2)c1. The molecule has 7 N–H and O–H groups in total. The summed E-state index contributed by atoms with van der Waals surface area (Å²) in [7, 11) is 0. The zero-order chi connectivity index (χ0) is 33.6. The summed E-state index contributed by atoms with van der Waals surface area (Å²) in [5.41, 5.74) is 5.24. The number of aliphatic hydroxyl groups excluding tert-OH is 5. The Morgan fingerprint density at radius 1 is 1.04 bits per heavy atom. The molecule has 0 bridgehead atoms. The lowest BCUT2D eigenvalue weighted by atomic mass is 9.93. The van der Waals surface area contributed by atoms with Crippen molar-refractivity contribution in [2.45, 2.75) is 100 Å². The Balaban J connectivity index is 1.18. The molecule has 0 aliphatic heterocycles. The van der Waals surface area contributed by atoms with Crippen LogP contribution in [0, 0.1) is 0 Å². The minimum Gasteiger partial charge on any atom is -0.490 e. The smallest absolute Gasteiger partial charge is 0.220 e. The molecular weight excluding hydrogens is 622 g/mol. The van der Waals surface area contributed by atoms with E-state index in [0.29, 0.717) is 30.5 Å². The van der Waals surface area contributed by atoms with Gasteiger partial charge in [-0.3, -0.25) is 9.78 Å². The standard InChI is InChI=1S/C36H46ClN3O7/c1-22(5-4-8-33(44)40-30(20-41)34(45)35(46)31(43)21-42)23-9-12-29(37)24(17-23)18-39-36(14-15-36)28-19-38-16-13-26(28)27-6-2-3-7-32(27)47-25-10-11-25/h2-3,6-7,9,12-13,16-17,19,22,25,30-31,34-35,39,41-43,45-46H,4-5,8,10-11,14-15,18,20-21H2,1H3,(H,40,44)/t22?,30-,31?,34+,35+/m0/s1. The number of hydrogen-bond donors (Lipinski definition) is 7. The van der Waals surface area contributed by atoms with Crippen molar-refractivity contribution in [3.63, 3.8) is 0 Å². The van der Waals surface area contributed by atoms with Crippen LogP contribution in [0.4, 0.5) is 0 Å². The van der Waals surface area contributed by atoms with E-state index < -0.39 is 43.5 Å². The minimum absolute atomic E-state index is 0.141. The third-order valence-corrected chi connectivity index (χ3v) is 9.63. The second-order valence-corrected chi connectivity index (χ2v) is 13.3. The highest BCUT2D eigenvalue weighted by Gasteiger charge is 2.46. The molecule has 47 heavy (non-hydrogen) atoms. The van der Waals surface area contributed by atoms with E-state index in [1.807, 2.05) is 42.7 Å². The Labute approximate surface area is 280 Å². The van der Waals surface area contributed by atoms with Gasteiger partial charge in [0.15, 0.2) is 0 Å². The topological polar surface area (TPSA) is 164 Å². The number of amides is 1. The lowest BCUT2D eigenvalue weighted by molar-refractivity contribution is -0.126. The van der Waals surface area contributed by atoms with Crippen LogP contribution in [-0.4, -0.2) is 80.1 Å². The molecular formula is C36H46ClN3O7. The molecule has 0 radical (unpaired) electrons. The normalized spacial score (nSPS) is 18.5. The van der Waals surface area contributed by atoms with Crippen LogP contribution in [0.5, 0.6) is 5.75 Å². The molecule has 2 fully saturated rings. The number of nitrogens with one attached hydrogen (secondary N) is 2. The van der Waals surface area contributed by atoms with E-state index in [-0.39, 0.29) is 17.9 Å². The van der Waals surface area contributed by atoms with Gasteiger partial charge in [0, 0.05) is 41.5 Å². The Bertz CT molecular complexity index is 1500. The second-order valence-electron chi connectivity index (χ2n) is 12.9. The first-order valence-corrected chi connectivity index (χ1v) is 16.8. The summed E-state index contributed by atoms with van der Waals surface area (Å²) >= 11 is 6.67. The van der Waals surface area contributed by atoms with E-state index in [1.54, 1.807) is 0 Å². The maximum atomic E-state index is 12.5. The minimum atomic E-state index is -1.71. The predicted octanol–water partition coefficient (Wildman–Crippen LogP) is 3.55. The first kappa shape index (κ1) is 35.2. The van der Waals surface area contributed by atoms with Gasteiger partial charge in [0.2, 0.25) is 5.91 Å². The number of nitrogens with zero attached hydrogens (tertiary/aromatic N) is 1. The van der Waals surface area contributed by atoms with Crippen molar-refractivity contribution < 1.29 is 35.1 Å². The fourth-order valence-electron chi connectivity index (χ4n) is 5.96. The number of aromatic nitrogens is 1. The quantitative estimate of drug-likeness (QED) is 0.107. The molecule has 3 aromatic rings. The summed E-state index contributed by atoms with van der Waals surface area (Å²) < 4.78 is 6.25. The molecule has 2 saturated carbocycles. The molecule has 5 atom stereocenters. The number of halogens is 1. The molecule has 5 rings (SSSR count). The Morgan fingerprint density at radius 2 is 1.81 bits per heavy atom. The summed E-state index contributed by atoms with van der Waals surface area (Å²) in [6, 6.07) is 15.1. The fourth-order valence-corrected chi connectivity index (χ4v) is 6.15. The zero-order valence-corrected chi connectivity index (χ0v) is 27.4. The average molecular weight is 668 g/mol. The number of ether oxygens (including phenoxy) is 1. The van der Waals surface area contributed by atoms with Crippen LogP contribution >= 0.6 is 11.6 Å². The van der Waals surface area contributed by atoms with Gasteiger partial charge in [-0.1, -0.05) is 48.9 Å². The molecule has 2 aliphatic carbocycles. The summed E-state index contributed by atoms with van der Waals surface area (Å²) in [4.78, 5) is 17.0. The van der Waals surface area contributed by atoms with Crippen molar-refractivity contribution in [2.24, 2.45) is 0 Å². The maximum Gasteiger partial charge on any atom is 0.220 e. The maximum absolute atomic E-state index is 12.5. The van der Waals surface area contributed by atoms with Crippen LogP contribution < -0.4 is 15.4 Å².